The summed E-state index contributed by atoms with van der Waals surface area (Å²) in [6.45, 7) is 5.40. The van der Waals surface area contributed by atoms with Crippen molar-refractivity contribution in [3.05, 3.63) is 65.2 Å². The van der Waals surface area contributed by atoms with Crippen LogP contribution in [0.25, 0.3) is 0 Å². The molecule has 0 saturated carbocycles. The molecule has 0 aliphatic heterocycles. The largest absolute Gasteiger partial charge is 0.445 e. The summed E-state index contributed by atoms with van der Waals surface area (Å²) in [5.41, 5.74) is 0.116. The summed E-state index contributed by atoms with van der Waals surface area (Å²) in [4.78, 5) is 23.3. The molecule has 0 bridgehead atoms. The molecule has 0 aromatic heterocycles. The molecule has 3 N–H and O–H groups in total. The molecule has 2 aromatic rings. The lowest BCUT2D eigenvalue weighted by atomic mass is 10.2. The second-order valence-corrected chi connectivity index (χ2v) is 7.71. The van der Waals surface area contributed by atoms with Crippen LogP contribution in [0.1, 0.15) is 31.9 Å². The zero-order chi connectivity index (χ0) is 22.9. The number of ether oxygens (including phenoxy) is 2. The summed E-state index contributed by atoms with van der Waals surface area (Å²) in [6.07, 6.45) is -1.31. The minimum Gasteiger partial charge on any atom is -0.445 e. The van der Waals surface area contributed by atoms with Gasteiger partial charge in [0.2, 0.25) is 0 Å². The number of rotatable bonds is 8. The van der Waals surface area contributed by atoms with Crippen LogP contribution in [0.3, 0.4) is 0 Å². The minimum atomic E-state index is -0.813. The maximum Gasteiger partial charge on any atom is 0.407 e. The topological polar surface area (TPSA) is 88.7 Å². The molecule has 0 fully saturated rings. The van der Waals surface area contributed by atoms with Crippen molar-refractivity contribution in [1.82, 2.24) is 10.6 Å². The summed E-state index contributed by atoms with van der Waals surface area (Å²) < 4.78 is 38.6. The predicted octanol–water partition coefficient (Wildman–Crippen LogP) is 4.33. The molecule has 0 radical (unpaired) electrons. The number of benzene rings is 2. The molecule has 2 aromatic carbocycles. The number of halogens is 2. The molecule has 0 spiro atoms. The average Bonchev–Trinajstić information content (AvgIpc) is 2.69. The quantitative estimate of drug-likeness (QED) is 0.537. The smallest absolute Gasteiger partial charge is 0.407 e. The van der Waals surface area contributed by atoms with Crippen LogP contribution in [0.5, 0.6) is 0 Å². The Morgan fingerprint density at radius 2 is 1.55 bits per heavy atom. The Hall–Kier alpha value is -3.36. The van der Waals surface area contributed by atoms with Crippen molar-refractivity contribution in [1.29, 1.82) is 0 Å². The van der Waals surface area contributed by atoms with Gasteiger partial charge >= 0.3 is 12.2 Å². The van der Waals surface area contributed by atoms with Gasteiger partial charge in [-0.05, 0) is 44.0 Å². The van der Waals surface area contributed by atoms with Crippen LogP contribution in [-0.2, 0) is 22.6 Å². The van der Waals surface area contributed by atoms with E-state index in [-0.39, 0.29) is 37.5 Å². The highest BCUT2D eigenvalue weighted by Crippen LogP contribution is 2.20. The summed E-state index contributed by atoms with van der Waals surface area (Å²) in [6, 6.07) is 11.4. The summed E-state index contributed by atoms with van der Waals surface area (Å²) in [7, 11) is 0. The van der Waals surface area contributed by atoms with Crippen LogP contribution in [0, 0.1) is 11.6 Å². The van der Waals surface area contributed by atoms with E-state index in [0.29, 0.717) is 0 Å². The fraction of sp³-hybridized carbons (Fsp3) is 0.364. The highest BCUT2D eigenvalue weighted by Gasteiger charge is 2.16. The van der Waals surface area contributed by atoms with Crippen LogP contribution in [0.4, 0.5) is 24.1 Å². The van der Waals surface area contributed by atoms with Gasteiger partial charge in [-0.2, -0.15) is 0 Å². The first kappa shape index (κ1) is 23.9. The first-order chi connectivity index (χ1) is 14.6. The van der Waals surface area contributed by atoms with Gasteiger partial charge in [-0.25, -0.2) is 18.4 Å². The van der Waals surface area contributed by atoms with Gasteiger partial charge in [0.15, 0.2) is 0 Å². The highest BCUT2D eigenvalue weighted by atomic mass is 19.1. The molecule has 0 aliphatic carbocycles. The molecule has 2 amide bonds. The fourth-order valence-corrected chi connectivity index (χ4v) is 2.51. The lowest BCUT2D eigenvalue weighted by molar-refractivity contribution is 0.0530. The second-order valence-electron chi connectivity index (χ2n) is 7.71. The number of amides is 2. The molecule has 0 aliphatic rings. The maximum absolute atomic E-state index is 14.3. The zero-order valence-electron chi connectivity index (χ0n) is 17.8. The number of carbonyl (C=O) groups is 2. The van der Waals surface area contributed by atoms with E-state index in [2.05, 4.69) is 16.0 Å². The molecule has 168 valence electrons. The van der Waals surface area contributed by atoms with Crippen molar-refractivity contribution in [2.24, 2.45) is 0 Å². The summed E-state index contributed by atoms with van der Waals surface area (Å²) >= 11 is 0. The van der Waals surface area contributed by atoms with Crippen LogP contribution in [-0.4, -0.2) is 30.9 Å². The van der Waals surface area contributed by atoms with E-state index in [0.717, 1.165) is 17.7 Å². The Balaban J connectivity index is 1.78. The van der Waals surface area contributed by atoms with Crippen molar-refractivity contribution >= 4 is 17.9 Å². The van der Waals surface area contributed by atoms with Gasteiger partial charge in [0.25, 0.3) is 0 Å². The molecular weight excluding hydrogens is 408 g/mol. The van der Waals surface area contributed by atoms with Crippen molar-refractivity contribution in [2.45, 2.75) is 39.5 Å². The van der Waals surface area contributed by atoms with Gasteiger partial charge in [-0.3, -0.25) is 0 Å². The van der Waals surface area contributed by atoms with Crippen LogP contribution < -0.4 is 16.0 Å². The highest BCUT2D eigenvalue weighted by molar-refractivity contribution is 5.68. The normalized spacial score (nSPS) is 10.9. The van der Waals surface area contributed by atoms with Gasteiger partial charge in [0.1, 0.15) is 29.5 Å². The van der Waals surface area contributed by atoms with Crippen molar-refractivity contribution < 1.29 is 27.8 Å². The SMILES string of the molecule is CC(C)(C)OC(=O)NCCNc1c(F)cc(CNC(=O)OCc2ccccc2)cc1F. The number of hydrogen-bond acceptors (Lipinski definition) is 5. The van der Waals surface area contributed by atoms with E-state index >= 15 is 0 Å². The second kappa shape index (κ2) is 11.1. The number of nitrogens with one attached hydrogen (secondary N) is 3. The predicted molar refractivity (Wildman–Crippen MR) is 113 cm³/mol. The Bertz CT molecular complexity index is 863. The van der Waals surface area contributed by atoms with Gasteiger partial charge in [-0.15, -0.1) is 0 Å². The lowest BCUT2D eigenvalue weighted by Crippen LogP contribution is -2.35. The van der Waals surface area contributed by atoms with E-state index in [1.165, 1.54) is 0 Å². The van der Waals surface area contributed by atoms with Gasteiger partial charge < -0.3 is 25.4 Å². The Labute approximate surface area is 180 Å². The van der Waals surface area contributed by atoms with Gasteiger partial charge in [-0.1, -0.05) is 30.3 Å². The van der Waals surface area contributed by atoms with Crippen LogP contribution in [0.2, 0.25) is 0 Å². The molecule has 0 saturated heterocycles. The van der Waals surface area contributed by atoms with Crippen molar-refractivity contribution in [3.63, 3.8) is 0 Å². The Morgan fingerprint density at radius 3 is 2.16 bits per heavy atom. The molecule has 9 heteroatoms. The Kier molecular flexibility index (Phi) is 8.60. The fourth-order valence-electron chi connectivity index (χ4n) is 2.51. The number of carbonyl (C=O) groups excluding carboxylic acids is 2. The molecule has 2 rings (SSSR count). The van der Waals surface area contributed by atoms with E-state index in [9.17, 15) is 18.4 Å². The summed E-state index contributed by atoms with van der Waals surface area (Å²) in [5.74, 6) is -1.63. The molecule has 0 atom stereocenters. The third kappa shape index (κ3) is 8.90. The molecule has 31 heavy (non-hydrogen) atoms. The minimum absolute atomic E-state index is 0.0928. The maximum atomic E-state index is 14.3. The molecule has 0 unspecified atom stereocenters. The monoisotopic (exact) mass is 435 g/mol. The third-order valence-corrected chi connectivity index (χ3v) is 3.85. The number of alkyl carbamates (subject to hydrolysis) is 2. The summed E-state index contributed by atoms with van der Waals surface area (Å²) in [5, 5.41) is 7.53. The number of hydrogen-bond donors (Lipinski definition) is 3. The van der Waals surface area contributed by atoms with Crippen molar-refractivity contribution in [3.8, 4) is 0 Å². The first-order valence-corrected chi connectivity index (χ1v) is 9.77. The molecule has 0 heterocycles. The lowest BCUT2D eigenvalue weighted by Gasteiger charge is -2.19. The van der Waals surface area contributed by atoms with E-state index in [4.69, 9.17) is 9.47 Å². The van der Waals surface area contributed by atoms with Crippen molar-refractivity contribution in [2.75, 3.05) is 18.4 Å². The van der Waals surface area contributed by atoms with E-state index in [1.807, 2.05) is 30.3 Å². The zero-order valence-corrected chi connectivity index (χ0v) is 17.8. The standard InChI is InChI=1S/C22H27F2N3O4/c1-22(2,3)31-21(29)26-10-9-25-19-17(23)11-16(12-18(19)24)13-27-20(28)30-14-15-7-5-4-6-8-15/h4-8,11-12,25H,9-10,13-14H2,1-3H3,(H,26,29)(H,27,28). The average molecular weight is 435 g/mol. The van der Waals surface area contributed by atoms with E-state index < -0.39 is 29.4 Å². The first-order valence-electron chi connectivity index (χ1n) is 9.77. The molecule has 7 nitrogen and oxygen atoms in total. The third-order valence-electron chi connectivity index (χ3n) is 3.85. The number of anilines is 1. The van der Waals surface area contributed by atoms with Gasteiger partial charge in [0, 0.05) is 19.6 Å². The van der Waals surface area contributed by atoms with Crippen LogP contribution in [0.15, 0.2) is 42.5 Å². The van der Waals surface area contributed by atoms with Gasteiger partial charge in [0.05, 0.1) is 0 Å². The Morgan fingerprint density at radius 1 is 0.903 bits per heavy atom. The van der Waals surface area contributed by atoms with E-state index in [1.54, 1.807) is 20.8 Å². The van der Waals surface area contributed by atoms with Crippen LogP contribution >= 0.6 is 0 Å². The molecular formula is C22H27F2N3O4.